The second-order valence-electron chi connectivity index (χ2n) is 4.58. The van der Waals surface area contributed by atoms with Gasteiger partial charge in [-0.15, -0.1) is 0 Å². The molecule has 0 aliphatic carbocycles. The van der Waals surface area contributed by atoms with Crippen LogP contribution in [0.5, 0.6) is 0 Å². The van der Waals surface area contributed by atoms with E-state index in [4.69, 9.17) is 17.3 Å². The number of carbonyl (C=O) groups excluding carboxylic acids is 1. The van der Waals surface area contributed by atoms with Gasteiger partial charge >= 0.3 is 0 Å². The van der Waals surface area contributed by atoms with Crippen LogP contribution in [0.4, 0.5) is 11.4 Å². The number of amides is 1. The van der Waals surface area contributed by atoms with E-state index in [-0.39, 0.29) is 35.0 Å². The number of nitro benzene ring substituents is 1. The second kappa shape index (κ2) is 6.49. The van der Waals surface area contributed by atoms with E-state index in [1.54, 1.807) is 0 Å². The number of non-ortho nitro benzene ring substituents is 1. The van der Waals surface area contributed by atoms with Crippen molar-refractivity contribution in [1.29, 1.82) is 0 Å². The molecular weight excluding hydrogens is 270 g/mol. The Hall–Kier alpha value is -1.66. The third kappa shape index (κ3) is 4.50. The summed E-state index contributed by atoms with van der Waals surface area (Å²) in [6, 6.07) is 3.64. The van der Waals surface area contributed by atoms with E-state index < -0.39 is 4.92 Å². The molecular formula is C12H16ClN3O3. The first-order chi connectivity index (χ1) is 8.81. The highest BCUT2D eigenvalue weighted by Gasteiger charge is 2.15. The topological polar surface area (TPSA) is 98.3 Å². The first-order valence-electron chi connectivity index (χ1n) is 5.80. The van der Waals surface area contributed by atoms with Gasteiger partial charge in [0.1, 0.15) is 0 Å². The minimum Gasteiger partial charge on any atom is -0.327 e. The zero-order valence-corrected chi connectivity index (χ0v) is 11.5. The number of nitro groups is 1. The highest BCUT2D eigenvalue weighted by Crippen LogP contribution is 2.26. The molecule has 1 rings (SSSR count). The molecule has 104 valence electrons. The van der Waals surface area contributed by atoms with Crippen LogP contribution in [-0.4, -0.2) is 16.9 Å². The van der Waals surface area contributed by atoms with Crippen LogP contribution in [0.25, 0.3) is 0 Å². The molecule has 1 atom stereocenters. The number of nitrogens with zero attached hydrogens (tertiary/aromatic N) is 1. The van der Waals surface area contributed by atoms with Crippen LogP contribution < -0.4 is 11.1 Å². The van der Waals surface area contributed by atoms with Crippen molar-refractivity contribution < 1.29 is 9.72 Å². The fourth-order valence-corrected chi connectivity index (χ4v) is 1.59. The molecule has 0 radical (unpaired) electrons. The highest BCUT2D eigenvalue weighted by molar-refractivity contribution is 6.33. The summed E-state index contributed by atoms with van der Waals surface area (Å²) in [6.07, 6.45) is 0.172. The molecule has 0 bridgehead atoms. The third-order valence-corrected chi connectivity index (χ3v) is 3.03. The van der Waals surface area contributed by atoms with Crippen LogP contribution in [0.2, 0.25) is 5.02 Å². The smallest absolute Gasteiger partial charge is 0.271 e. The lowest BCUT2D eigenvalue weighted by atomic mass is 10.0. The van der Waals surface area contributed by atoms with Crippen molar-refractivity contribution in [3.05, 3.63) is 33.3 Å². The summed E-state index contributed by atoms with van der Waals surface area (Å²) < 4.78 is 0. The zero-order valence-electron chi connectivity index (χ0n) is 10.7. The van der Waals surface area contributed by atoms with Gasteiger partial charge in [-0.25, -0.2) is 0 Å². The van der Waals surface area contributed by atoms with E-state index in [2.05, 4.69) is 5.32 Å². The molecule has 0 heterocycles. The van der Waals surface area contributed by atoms with Crippen molar-refractivity contribution >= 4 is 28.9 Å². The summed E-state index contributed by atoms with van der Waals surface area (Å²) in [4.78, 5) is 21.7. The molecule has 3 N–H and O–H groups in total. The monoisotopic (exact) mass is 285 g/mol. The van der Waals surface area contributed by atoms with E-state index in [1.165, 1.54) is 18.2 Å². The minimum atomic E-state index is -0.549. The van der Waals surface area contributed by atoms with Gasteiger partial charge in [0.05, 0.1) is 15.6 Å². The van der Waals surface area contributed by atoms with Crippen molar-refractivity contribution in [3.8, 4) is 0 Å². The Bertz CT molecular complexity index is 491. The SMILES string of the molecule is CC(C)C(N)CC(=O)Nc1ccc([N+](=O)[O-])cc1Cl. The van der Waals surface area contributed by atoms with Crippen molar-refractivity contribution in [1.82, 2.24) is 0 Å². The summed E-state index contributed by atoms with van der Waals surface area (Å²) in [5.41, 5.74) is 6.01. The average Bonchev–Trinajstić information content (AvgIpc) is 2.31. The molecule has 1 amide bonds. The summed E-state index contributed by atoms with van der Waals surface area (Å²) in [7, 11) is 0. The summed E-state index contributed by atoms with van der Waals surface area (Å²) in [5, 5.41) is 13.3. The molecule has 0 aliphatic rings. The van der Waals surface area contributed by atoms with Crippen LogP contribution in [0.1, 0.15) is 20.3 Å². The predicted octanol–water partition coefficient (Wildman–Crippen LogP) is 2.56. The minimum absolute atomic E-state index is 0.123. The van der Waals surface area contributed by atoms with Gasteiger partial charge in [-0.2, -0.15) is 0 Å². The number of hydrogen-bond acceptors (Lipinski definition) is 4. The van der Waals surface area contributed by atoms with Crippen molar-refractivity contribution in [3.63, 3.8) is 0 Å². The first kappa shape index (κ1) is 15.4. The maximum absolute atomic E-state index is 11.7. The maximum Gasteiger partial charge on any atom is 0.271 e. The molecule has 6 nitrogen and oxygen atoms in total. The number of rotatable bonds is 5. The molecule has 19 heavy (non-hydrogen) atoms. The lowest BCUT2D eigenvalue weighted by Crippen LogP contribution is -2.31. The number of nitrogens with one attached hydrogen (secondary N) is 1. The van der Waals surface area contributed by atoms with Crippen LogP contribution in [0.3, 0.4) is 0 Å². The fraction of sp³-hybridized carbons (Fsp3) is 0.417. The molecule has 0 aliphatic heterocycles. The Morgan fingerprint density at radius 3 is 2.63 bits per heavy atom. The van der Waals surface area contributed by atoms with Crippen LogP contribution in [-0.2, 0) is 4.79 Å². The van der Waals surface area contributed by atoms with E-state index in [0.29, 0.717) is 5.69 Å². The Morgan fingerprint density at radius 1 is 1.53 bits per heavy atom. The van der Waals surface area contributed by atoms with E-state index >= 15 is 0 Å². The van der Waals surface area contributed by atoms with Gasteiger partial charge in [0.2, 0.25) is 5.91 Å². The van der Waals surface area contributed by atoms with Gasteiger partial charge in [0.15, 0.2) is 0 Å². The molecule has 0 saturated heterocycles. The molecule has 7 heteroatoms. The Balaban J connectivity index is 2.72. The number of nitrogens with two attached hydrogens (primary N) is 1. The normalized spacial score (nSPS) is 12.3. The summed E-state index contributed by atoms with van der Waals surface area (Å²) in [6.45, 7) is 3.85. The van der Waals surface area contributed by atoms with Gasteiger partial charge in [-0.05, 0) is 12.0 Å². The molecule has 0 aromatic heterocycles. The van der Waals surface area contributed by atoms with Gasteiger partial charge in [-0.3, -0.25) is 14.9 Å². The first-order valence-corrected chi connectivity index (χ1v) is 6.18. The number of anilines is 1. The zero-order chi connectivity index (χ0) is 14.6. The Labute approximate surface area is 116 Å². The van der Waals surface area contributed by atoms with E-state index in [9.17, 15) is 14.9 Å². The predicted molar refractivity (Wildman–Crippen MR) is 74.2 cm³/mol. The molecule has 0 fully saturated rings. The van der Waals surface area contributed by atoms with Crippen LogP contribution in [0.15, 0.2) is 18.2 Å². The van der Waals surface area contributed by atoms with Crippen molar-refractivity contribution in [2.24, 2.45) is 11.7 Å². The number of carbonyl (C=O) groups is 1. The molecule has 1 aromatic carbocycles. The van der Waals surface area contributed by atoms with Gasteiger partial charge in [0.25, 0.3) is 5.69 Å². The standard InChI is InChI=1S/C12H16ClN3O3/c1-7(2)10(14)6-12(17)15-11-4-3-8(16(18)19)5-9(11)13/h3-5,7,10H,6,14H2,1-2H3,(H,15,17). The van der Waals surface area contributed by atoms with Gasteiger partial charge in [-0.1, -0.05) is 25.4 Å². The van der Waals surface area contributed by atoms with Crippen LogP contribution in [0, 0.1) is 16.0 Å². The van der Waals surface area contributed by atoms with Crippen LogP contribution >= 0.6 is 11.6 Å². The lowest BCUT2D eigenvalue weighted by molar-refractivity contribution is -0.384. The lowest BCUT2D eigenvalue weighted by Gasteiger charge is -2.15. The Morgan fingerprint density at radius 2 is 2.16 bits per heavy atom. The largest absolute Gasteiger partial charge is 0.327 e. The number of benzene rings is 1. The van der Waals surface area contributed by atoms with Crippen molar-refractivity contribution in [2.75, 3.05) is 5.32 Å². The van der Waals surface area contributed by atoms with E-state index in [0.717, 1.165) is 0 Å². The average molecular weight is 286 g/mol. The van der Waals surface area contributed by atoms with E-state index in [1.807, 2.05) is 13.8 Å². The maximum atomic E-state index is 11.7. The second-order valence-corrected chi connectivity index (χ2v) is 4.99. The molecule has 1 aromatic rings. The fourth-order valence-electron chi connectivity index (χ4n) is 1.37. The Kier molecular flexibility index (Phi) is 5.26. The summed E-state index contributed by atoms with van der Waals surface area (Å²) in [5.74, 6) is -0.0740. The third-order valence-electron chi connectivity index (χ3n) is 2.71. The van der Waals surface area contributed by atoms with Gasteiger partial charge < -0.3 is 11.1 Å². The highest BCUT2D eigenvalue weighted by atomic mass is 35.5. The molecule has 0 spiro atoms. The number of hydrogen-bond donors (Lipinski definition) is 2. The number of halogens is 1. The molecule has 1 unspecified atom stereocenters. The molecule has 0 saturated carbocycles. The van der Waals surface area contributed by atoms with Crippen molar-refractivity contribution in [2.45, 2.75) is 26.3 Å². The summed E-state index contributed by atoms with van der Waals surface area (Å²) >= 11 is 5.87. The van der Waals surface area contributed by atoms with Gasteiger partial charge in [0, 0.05) is 24.6 Å². The quantitative estimate of drug-likeness (QED) is 0.641.